The second-order valence-corrected chi connectivity index (χ2v) is 5.92. The summed E-state index contributed by atoms with van der Waals surface area (Å²) in [6.45, 7) is -0.115. The lowest BCUT2D eigenvalue weighted by Gasteiger charge is -2.23. The van der Waals surface area contributed by atoms with Crippen molar-refractivity contribution >= 4 is 17.0 Å². The van der Waals surface area contributed by atoms with Crippen LogP contribution in [-0.4, -0.2) is 60.7 Å². The highest BCUT2D eigenvalue weighted by atomic mass is 16.3. The Morgan fingerprint density at radius 2 is 2.19 bits per heavy atom. The smallest absolute Gasteiger partial charge is 0.165 e. The number of aromatic nitrogens is 4. The first-order valence-corrected chi connectivity index (χ1v) is 6.96. The predicted molar refractivity (Wildman–Crippen MR) is 73.5 cm³/mol. The van der Waals surface area contributed by atoms with Crippen LogP contribution in [0.5, 0.6) is 0 Å². The lowest BCUT2D eigenvalue weighted by Crippen LogP contribution is -2.35. The summed E-state index contributed by atoms with van der Waals surface area (Å²) >= 11 is 0. The summed E-state index contributed by atoms with van der Waals surface area (Å²) in [5, 5.41) is 33.0. The van der Waals surface area contributed by atoms with Crippen LogP contribution in [0.4, 0.5) is 5.82 Å². The van der Waals surface area contributed by atoms with E-state index in [4.69, 9.17) is 0 Å². The van der Waals surface area contributed by atoms with Crippen LogP contribution in [0.2, 0.25) is 0 Å². The molecule has 0 aromatic carbocycles. The second-order valence-electron chi connectivity index (χ2n) is 5.92. The molecule has 8 heteroatoms. The van der Waals surface area contributed by atoms with Gasteiger partial charge in [-0.25, -0.2) is 15.0 Å². The van der Waals surface area contributed by atoms with Gasteiger partial charge in [0.1, 0.15) is 17.9 Å². The maximum absolute atomic E-state index is 10.3. The Bertz CT molecular complexity index is 704. The van der Waals surface area contributed by atoms with Gasteiger partial charge in [-0.15, -0.1) is 0 Å². The van der Waals surface area contributed by atoms with Crippen molar-refractivity contribution in [3.63, 3.8) is 0 Å². The molecule has 4 N–H and O–H groups in total. The van der Waals surface area contributed by atoms with Crippen LogP contribution in [0.25, 0.3) is 11.2 Å². The maximum atomic E-state index is 10.3. The third-order valence-electron chi connectivity index (χ3n) is 5.06. The Morgan fingerprint density at radius 1 is 1.38 bits per heavy atom. The van der Waals surface area contributed by atoms with Crippen LogP contribution in [0.3, 0.4) is 0 Å². The van der Waals surface area contributed by atoms with E-state index < -0.39 is 17.6 Å². The van der Waals surface area contributed by atoms with Crippen molar-refractivity contribution in [1.29, 1.82) is 0 Å². The summed E-state index contributed by atoms with van der Waals surface area (Å²) in [5.74, 6) is 0.661. The monoisotopic (exact) mass is 291 g/mol. The van der Waals surface area contributed by atoms with Crippen LogP contribution >= 0.6 is 0 Å². The summed E-state index contributed by atoms with van der Waals surface area (Å²) in [7, 11) is 1.76. The molecule has 2 aliphatic carbocycles. The highest BCUT2D eigenvalue weighted by molar-refractivity contribution is 5.82. The van der Waals surface area contributed by atoms with E-state index in [1.807, 2.05) is 0 Å². The molecular formula is C13H17N5O3. The molecule has 0 bridgehead atoms. The van der Waals surface area contributed by atoms with E-state index in [1.165, 1.54) is 6.33 Å². The maximum Gasteiger partial charge on any atom is 0.165 e. The molecule has 2 saturated carbocycles. The van der Waals surface area contributed by atoms with E-state index in [-0.39, 0.29) is 18.6 Å². The molecule has 4 rings (SSSR count). The van der Waals surface area contributed by atoms with Gasteiger partial charge < -0.3 is 25.2 Å². The fourth-order valence-corrected chi connectivity index (χ4v) is 3.80. The first-order chi connectivity index (χ1) is 10.1. The van der Waals surface area contributed by atoms with Crippen molar-refractivity contribution in [2.45, 2.75) is 24.7 Å². The van der Waals surface area contributed by atoms with Gasteiger partial charge in [-0.05, 0) is 12.3 Å². The molecule has 0 aliphatic heterocycles. The average Bonchev–Trinajstić information content (AvgIpc) is 3.02. The average molecular weight is 291 g/mol. The number of aliphatic hydroxyl groups is 3. The molecule has 112 valence electrons. The summed E-state index contributed by atoms with van der Waals surface area (Å²) in [6.07, 6.45) is 1.92. The molecule has 2 aliphatic rings. The quantitative estimate of drug-likeness (QED) is 0.581. The Labute approximate surface area is 120 Å². The molecule has 2 fully saturated rings. The molecule has 5 atom stereocenters. The topological polar surface area (TPSA) is 116 Å². The Balaban J connectivity index is 1.82. The van der Waals surface area contributed by atoms with E-state index in [0.717, 1.165) is 0 Å². The number of anilines is 1. The lowest BCUT2D eigenvalue weighted by atomic mass is 10.0. The van der Waals surface area contributed by atoms with E-state index in [2.05, 4.69) is 20.3 Å². The molecule has 0 spiro atoms. The largest absolute Gasteiger partial charge is 0.396 e. The van der Waals surface area contributed by atoms with Gasteiger partial charge in [0, 0.05) is 12.5 Å². The normalized spacial score (nSPS) is 37.7. The second kappa shape index (κ2) is 4.12. The zero-order valence-electron chi connectivity index (χ0n) is 11.5. The van der Waals surface area contributed by atoms with E-state index in [9.17, 15) is 15.3 Å². The van der Waals surface area contributed by atoms with Crippen molar-refractivity contribution in [3.05, 3.63) is 12.7 Å². The molecule has 2 aromatic heterocycles. The van der Waals surface area contributed by atoms with Crippen molar-refractivity contribution in [1.82, 2.24) is 19.5 Å². The minimum atomic E-state index is -0.929. The van der Waals surface area contributed by atoms with E-state index >= 15 is 0 Å². The van der Waals surface area contributed by atoms with Crippen molar-refractivity contribution in [2.24, 2.45) is 11.3 Å². The van der Waals surface area contributed by atoms with Crippen LogP contribution < -0.4 is 5.32 Å². The number of nitrogens with one attached hydrogen (secondary N) is 1. The zero-order chi connectivity index (χ0) is 14.8. The number of fused-ring (bicyclic) bond motifs is 2. The fourth-order valence-electron chi connectivity index (χ4n) is 3.80. The minimum Gasteiger partial charge on any atom is -0.396 e. The molecular weight excluding hydrogens is 274 g/mol. The van der Waals surface area contributed by atoms with Crippen LogP contribution in [-0.2, 0) is 0 Å². The molecule has 8 nitrogen and oxygen atoms in total. The number of aliphatic hydroxyl groups excluding tert-OH is 3. The Morgan fingerprint density at radius 3 is 2.86 bits per heavy atom. The van der Waals surface area contributed by atoms with Gasteiger partial charge in [0.2, 0.25) is 0 Å². The summed E-state index contributed by atoms with van der Waals surface area (Å²) in [5.41, 5.74) is 0.676. The Hall–Kier alpha value is -1.77. The van der Waals surface area contributed by atoms with Crippen molar-refractivity contribution in [3.8, 4) is 0 Å². The predicted octanol–water partition coefficient (Wildman–Crippen LogP) is -0.857. The number of hydrogen-bond donors (Lipinski definition) is 4. The van der Waals surface area contributed by atoms with Crippen molar-refractivity contribution in [2.75, 3.05) is 19.0 Å². The molecule has 0 saturated heterocycles. The first kappa shape index (κ1) is 12.9. The van der Waals surface area contributed by atoms with Gasteiger partial charge >= 0.3 is 0 Å². The van der Waals surface area contributed by atoms with Crippen LogP contribution in [0, 0.1) is 11.3 Å². The summed E-state index contributed by atoms with van der Waals surface area (Å²) in [6, 6.07) is -0.322. The van der Waals surface area contributed by atoms with E-state index in [1.54, 1.807) is 17.9 Å². The molecule has 0 amide bonds. The van der Waals surface area contributed by atoms with Gasteiger partial charge in [-0.2, -0.15) is 0 Å². The van der Waals surface area contributed by atoms with Gasteiger partial charge in [-0.3, -0.25) is 0 Å². The third-order valence-corrected chi connectivity index (χ3v) is 5.06. The third kappa shape index (κ3) is 1.47. The first-order valence-electron chi connectivity index (χ1n) is 6.96. The molecule has 21 heavy (non-hydrogen) atoms. The standard InChI is InChI=1S/C13H17N5O3/c1-14-11-7-12(16-4-15-11)18(5-17-7)8-6-2-13(6,3-19)10(21)9(8)20/h4-6,8-10,19-21H,2-3H2,1H3,(H,14,15,16)/t6-,8-,9+,10+,13+/m1/s1. The van der Waals surface area contributed by atoms with Crippen LogP contribution in [0.1, 0.15) is 12.5 Å². The summed E-state index contributed by atoms with van der Waals surface area (Å²) < 4.78 is 1.79. The molecule has 0 unspecified atom stereocenters. The minimum absolute atomic E-state index is 0.0397. The highest BCUT2D eigenvalue weighted by Gasteiger charge is 2.71. The number of rotatable bonds is 3. The zero-order valence-corrected chi connectivity index (χ0v) is 11.5. The van der Waals surface area contributed by atoms with E-state index in [0.29, 0.717) is 23.4 Å². The van der Waals surface area contributed by atoms with Gasteiger partial charge in [-0.1, -0.05) is 0 Å². The van der Waals surface area contributed by atoms with Gasteiger partial charge in [0.15, 0.2) is 11.5 Å². The molecule has 2 aromatic rings. The van der Waals surface area contributed by atoms with Crippen LogP contribution in [0.15, 0.2) is 12.7 Å². The number of hydrogen-bond acceptors (Lipinski definition) is 7. The number of imidazole rings is 1. The molecule has 0 radical (unpaired) electrons. The van der Waals surface area contributed by atoms with Gasteiger partial charge in [0.05, 0.1) is 25.1 Å². The summed E-state index contributed by atoms with van der Waals surface area (Å²) in [4.78, 5) is 12.7. The lowest BCUT2D eigenvalue weighted by molar-refractivity contribution is -0.0300. The SMILES string of the molecule is CNc1ncnc2c1ncn2[C@H]1[C@H](O)[C@H](O)[C@]2(CO)C[C@H]12. The Kier molecular flexibility index (Phi) is 2.54. The van der Waals surface area contributed by atoms with Crippen molar-refractivity contribution < 1.29 is 15.3 Å². The highest BCUT2D eigenvalue weighted by Crippen LogP contribution is 2.67. The fraction of sp³-hybridized carbons (Fsp3) is 0.615. The number of nitrogens with zero attached hydrogens (tertiary/aromatic N) is 4. The van der Waals surface area contributed by atoms with Gasteiger partial charge in [0.25, 0.3) is 0 Å². The molecule has 2 heterocycles.